The summed E-state index contributed by atoms with van der Waals surface area (Å²) in [5.41, 5.74) is 3.80. The molecule has 0 radical (unpaired) electrons. The zero-order chi connectivity index (χ0) is 21.8. The van der Waals surface area contributed by atoms with Crippen LogP contribution in [0.5, 0.6) is 0 Å². The summed E-state index contributed by atoms with van der Waals surface area (Å²) in [4.78, 5) is 0. The van der Waals surface area contributed by atoms with Gasteiger partial charge in [-0.25, -0.2) is 0 Å². The molecule has 1 saturated carbocycles. The van der Waals surface area contributed by atoms with Crippen LogP contribution in [0.25, 0.3) is 0 Å². The molecule has 2 heteroatoms. The summed E-state index contributed by atoms with van der Waals surface area (Å²) in [7, 11) is 3.09. The lowest BCUT2D eigenvalue weighted by Gasteiger charge is -2.42. The Hall–Kier alpha value is -0.130. The van der Waals surface area contributed by atoms with E-state index in [4.69, 9.17) is 0 Å². The van der Waals surface area contributed by atoms with Crippen molar-refractivity contribution >= 4 is 9.24 Å². The van der Waals surface area contributed by atoms with E-state index in [1.54, 1.807) is 11.1 Å². The molecule has 0 aromatic rings. The van der Waals surface area contributed by atoms with Crippen LogP contribution in [-0.2, 0) is 0 Å². The lowest BCUT2D eigenvalue weighted by atomic mass is 9.71. The first-order valence-corrected chi connectivity index (χ1v) is 13.2. The summed E-state index contributed by atoms with van der Waals surface area (Å²) >= 11 is 0. The summed E-state index contributed by atoms with van der Waals surface area (Å²) in [6.45, 7) is 13.8. The predicted molar refractivity (Wildman–Crippen MR) is 134 cm³/mol. The molecule has 1 nitrogen and oxygen atoms in total. The van der Waals surface area contributed by atoms with Gasteiger partial charge in [-0.3, -0.25) is 0 Å². The highest BCUT2D eigenvalue weighted by molar-refractivity contribution is 7.17. The summed E-state index contributed by atoms with van der Waals surface area (Å²) < 4.78 is 0. The van der Waals surface area contributed by atoms with E-state index in [0.717, 1.165) is 12.3 Å². The van der Waals surface area contributed by atoms with Crippen LogP contribution in [0.15, 0.2) is 23.3 Å². The van der Waals surface area contributed by atoms with E-state index >= 15 is 0 Å². The molecule has 170 valence electrons. The zero-order valence-corrected chi connectivity index (χ0v) is 21.6. The minimum absolute atomic E-state index is 0.0972. The third-order valence-electron chi connectivity index (χ3n) is 7.51. The minimum atomic E-state index is -0.0972. The van der Waals surface area contributed by atoms with Crippen molar-refractivity contribution in [3.05, 3.63) is 23.3 Å². The Morgan fingerprint density at radius 3 is 2.34 bits per heavy atom. The third-order valence-corrected chi connectivity index (χ3v) is 8.66. The number of hydrogen-bond donors (Lipinski definition) is 1. The van der Waals surface area contributed by atoms with Gasteiger partial charge in [0.05, 0.1) is 6.10 Å². The Labute approximate surface area is 185 Å². The summed E-state index contributed by atoms with van der Waals surface area (Å²) in [6, 6.07) is 0. The van der Waals surface area contributed by atoms with Crippen LogP contribution < -0.4 is 0 Å². The maximum Gasteiger partial charge on any atom is 0.0571 e. The molecule has 0 aromatic heterocycles. The number of allylic oxidation sites excluding steroid dienone is 4. The Kier molecular flexibility index (Phi) is 13.7. The molecule has 0 aromatic carbocycles. The van der Waals surface area contributed by atoms with Crippen molar-refractivity contribution in [3.8, 4) is 0 Å². The standard InChI is InChI=1S/C27H51OP/c1-7-8-9-12-20(2)13-10-14-21(3)15-11-16-22(4)17-18-25-19-26(28)23(5)24(6)27(25)29/h12,14,22-28H,7-11,13,15-19,29H2,1-6H3/b20-12+,21-14+. The number of aliphatic hydroxyl groups excluding tert-OH is 1. The maximum absolute atomic E-state index is 10.3. The monoisotopic (exact) mass is 422 g/mol. The molecule has 1 aliphatic carbocycles. The van der Waals surface area contributed by atoms with Crippen LogP contribution in [0, 0.1) is 23.7 Å². The summed E-state index contributed by atoms with van der Waals surface area (Å²) in [6.07, 6.45) is 18.6. The smallest absolute Gasteiger partial charge is 0.0571 e. The predicted octanol–water partition coefficient (Wildman–Crippen LogP) is 8.33. The van der Waals surface area contributed by atoms with Gasteiger partial charge in [0, 0.05) is 0 Å². The van der Waals surface area contributed by atoms with Crippen molar-refractivity contribution < 1.29 is 5.11 Å². The van der Waals surface area contributed by atoms with Gasteiger partial charge in [0.1, 0.15) is 0 Å². The summed E-state index contributed by atoms with van der Waals surface area (Å²) in [5.74, 6) is 2.54. The molecule has 29 heavy (non-hydrogen) atoms. The Morgan fingerprint density at radius 1 is 1.00 bits per heavy atom. The zero-order valence-electron chi connectivity index (χ0n) is 20.4. The van der Waals surface area contributed by atoms with Gasteiger partial charge in [-0.15, -0.1) is 9.24 Å². The van der Waals surface area contributed by atoms with E-state index in [1.165, 1.54) is 64.2 Å². The lowest BCUT2D eigenvalue weighted by Crippen LogP contribution is -2.41. The second-order valence-corrected chi connectivity index (χ2v) is 11.0. The first kappa shape index (κ1) is 26.9. The van der Waals surface area contributed by atoms with Crippen LogP contribution in [0.2, 0.25) is 0 Å². The second kappa shape index (κ2) is 14.8. The first-order valence-electron chi connectivity index (χ1n) is 12.5. The van der Waals surface area contributed by atoms with Crippen LogP contribution in [-0.4, -0.2) is 16.9 Å². The molecule has 1 N–H and O–H groups in total. The van der Waals surface area contributed by atoms with E-state index in [1.807, 2.05) is 0 Å². The van der Waals surface area contributed by atoms with Crippen molar-refractivity contribution in [1.82, 2.24) is 0 Å². The Morgan fingerprint density at radius 2 is 1.66 bits per heavy atom. The fourth-order valence-corrected chi connectivity index (χ4v) is 5.50. The molecule has 1 aliphatic rings. The Balaban J connectivity index is 2.21. The quantitative estimate of drug-likeness (QED) is 0.180. The fraction of sp³-hybridized carbons (Fsp3) is 0.852. The highest BCUT2D eigenvalue weighted by atomic mass is 31.0. The van der Waals surface area contributed by atoms with E-state index in [-0.39, 0.29) is 6.10 Å². The van der Waals surface area contributed by atoms with Crippen molar-refractivity contribution in [3.63, 3.8) is 0 Å². The average molecular weight is 423 g/mol. The largest absolute Gasteiger partial charge is 0.393 e. The van der Waals surface area contributed by atoms with Gasteiger partial charge in [0.2, 0.25) is 0 Å². The van der Waals surface area contributed by atoms with Gasteiger partial charge in [-0.2, -0.15) is 0 Å². The lowest BCUT2D eigenvalue weighted by molar-refractivity contribution is 0.0221. The molecule has 0 saturated heterocycles. The van der Waals surface area contributed by atoms with E-state index in [0.29, 0.717) is 23.4 Å². The minimum Gasteiger partial charge on any atom is -0.393 e. The molecule has 7 atom stereocenters. The molecule has 0 bridgehead atoms. The summed E-state index contributed by atoms with van der Waals surface area (Å²) in [5, 5.41) is 10.3. The number of unbranched alkanes of at least 4 members (excludes halogenated alkanes) is 2. The molecular weight excluding hydrogens is 371 g/mol. The van der Waals surface area contributed by atoms with E-state index < -0.39 is 0 Å². The van der Waals surface area contributed by atoms with Crippen molar-refractivity contribution in [2.75, 3.05) is 0 Å². The van der Waals surface area contributed by atoms with Gasteiger partial charge in [0.25, 0.3) is 0 Å². The van der Waals surface area contributed by atoms with Crippen molar-refractivity contribution in [2.24, 2.45) is 23.7 Å². The van der Waals surface area contributed by atoms with Crippen LogP contribution in [0.1, 0.15) is 112 Å². The molecule has 0 amide bonds. The highest BCUT2D eigenvalue weighted by Gasteiger charge is 2.37. The molecule has 1 rings (SSSR count). The molecule has 0 aliphatic heterocycles. The fourth-order valence-electron chi connectivity index (χ4n) is 4.80. The van der Waals surface area contributed by atoms with Gasteiger partial charge in [-0.05, 0) is 88.1 Å². The van der Waals surface area contributed by atoms with Gasteiger partial charge in [-0.1, -0.05) is 76.7 Å². The molecule has 1 fully saturated rings. The SMILES string of the molecule is CCCC/C=C(\C)CC/C=C(\C)CCCC(C)CCC1CC(O)C(C)C(C)C1P. The molecule has 0 spiro atoms. The van der Waals surface area contributed by atoms with Gasteiger partial charge in [0.15, 0.2) is 0 Å². The maximum atomic E-state index is 10.3. The van der Waals surface area contributed by atoms with Gasteiger partial charge >= 0.3 is 0 Å². The van der Waals surface area contributed by atoms with Crippen LogP contribution in [0.4, 0.5) is 0 Å². The first-order chi connectivity index (χ1) is 13.8. The molecule has 0 heterocycles. The molecular formula is C27H51OP. The number of aliphatic hydroxyl groups is 1. The number of hydrogen-bond acceptors (Lipinski definition) is 1. The van der Waals surface area contributed by atoms with Crippen molar-refractivity contribution in [2.45, 2.75) is 124 Å². The molecule has 7 unspecified atom stereocenters. The Bertz CT molecular complexity index is 495. The average Bonchev–Trinajstić information content (AvgIpc) is 2.68. The van der Waals surface area contributed by atoms with E-state index in [2.05, 4.69) is 62.9 Å². The highest BCUT2D eigenvalue weighted by Crippen LogP contribution is 2.41. The van der Waals surface area contributed by atoms with Crippen LogP contribution >= 0.6 is 9.24 Å². The van der Waals surface area contributed by atoms with Gasteiger partial charge < -0.3 is 5.11 Å². The van der Waals surface area contributed by atoms with E-state index in [9.17, 15) is 5.11 Å². The topological polar surface area (TPSA) is 20.2 Å². The second-order valence-electron chi connectivity index (χ2n) is 10.2. The number of rotatable bonds is 13. The van der Waals surface area contributed by atoms with Crippen LogP contribution in [0.3, 0.4) is 0 Å². The van der Waals surface area contributed by atoms with Crippen molar-refractivity contribution in [1.29, 1.82) is 0 Å². The third kappa shape index (κ3) is 10.6. The normalized spacial score (nSPS) is 29.9.